The fraction of sp³-hybridized carbons (Fsp3) is 0.300. The van der Waals surface area contributed by atoms with E-state index in [1.54, 1.807) is 12.1 Å². The van der Waals surface area contributed by atoms with Gasteiger partial charge in [-0.15, -0.1) is 0 Å². The zero-order valence-electron chi connectivity index (χ0n) is 15.1. The number of nitrogens with one attached hydrogen (secondary N) is 1. The number of benzene rings is 2. The maximum absolute atomic E-state index is 12.7. The van der Waals surface area contributed by atoms with Gasteiger partial charge in [-0.25, -0.2) is 8.42 Å². The van der Waals surface area contributed by atoms with Crippen molar-refractivity contribution in [2.45, 2.75) is 36.5 Å². The minimum absolute atomic E-state index is 0.0311. The van der Waals surface area contributed by atoms with Crippen LogP contribution in [0.3, 0.4) is 0 Å². The van der Waals surface area contributed by atoms with Crippen LogP contribution in [0.5, 0.6) is 0 Å². The van der Waals surface area contributed by atoms with Crippen LogP contribution in [0.2, 0.25) is 0 Å². The molecule has 0 aromatic heterocycles. The fourth-order valence-corrected chi connectivity index (χ4v) is 4.54. The van der Waals surface area contributed by atoms with E-state index in [-0.39, 0.29) is 11.3 Å². The summed E-state index contributed by atoms with van der Waals surface area (Å²) in [5.74, 6) is -2.17. The lowest BCUT2D eigenvalue weighted by molar-refractivity contribution is -0.140. The Kier molecular flexibility index (Phi) is 5.79. The number of hydrogen-bond donors (Lipinski definition) is 2. The maximum Gasteiger partial charge on any atom is 0.322 e. The van der Waals surface area contributed by atoms with E-state index in [1.165, 1.54) is 12.1 Å². The molecule has 4 atom stereocenters. The van der Waals surface area contributed by atoms with Crippen LogP contribution in [0.4, 0.5) is 0 Å². The molecule has 0 amide bonds. The number of nitrogens with zero attached hydrogens (tertiary/aromatic N) is 1. The predicted molar refractivity (Wildman–Crippen MR) is 101 cm³/mol. The van der Waals surface area contributed by atoms with Crippen LogP contribution >= 0.6 is 0 Å². The average molecular weight is 400 g/mol. The summed E-state index contributed by atoms with van der Waals surface area (Å²) in [5.41, 5.74) is 1.70. The van der Waals surface area contributed by atoms with Gasteiger partial charge < -0.3 is 9.84 Å². The molecule has 2 aromatic rings. The van der Waals surface area contributed by atoms with Crippen molar-refractivity contribution in [1.82, 2.24) is 4.72 Å². The van der Waals surface area contributed by atoms with E-state index < -0.39 is 40.2 Å². The molecule has 1 saturated heterocycles. The number of aryl methyl sites for hydroxylation is 1. The molecule has 0 bridgehead atoms. The second-order valence-corrected chi connectivity index (χ2v) is 8.45. The summed E-state index contributed by atoms with van der Waals surface area (Å²) in [7, 11) is -4.07. The minimum Gasteiger partial charge on any atom is -0.480 e. The van der Waals surface area contributed by atoms with Gasteiger partial charge >= 0.3 is 5.97 Å². The highest BCUT2D eigenvalue weighted by Crippen LogP contribution is 2.38. The predicted octanol–water partition coefficient (Wildman–Crippen LogP) is 2.40. The Hall–Kier alpha value is -2.73. The molecule has 0 radical (unpaired) electrons. The van der Waals surface area contributed by atoms with Gasteiger partial charge in [0.25, 0.3) is 0 Å². The molecule has 1 heterocycles. The molecule has 1 aliphatic heterocycles. The minimum atomic E-state index is -4.07. The Morgan fingerprint density at radius 2 is 1.86 bits per heavy atom. The third-order valence-electron chi connectivity index (χ3n) is 4.79. The molecule has 2 N–H and O–H groups in total. The summed E-state index contributed by atoms with van der Waals surface area (Å²) >= 11 is 0. The normalized spacial score (nSPS) is 23.1. The van der Waals surface area contributed by atoms with Crippen molar-refractivity contribution >= 4 is 16.0 Å². The first-order valence-electron chi connectivity index (χ1n) is 8.73. The quantitative estimate of drug-likeness (QED) is 0.769. The molecular formula is C20H20N2O5S. The standard InChI is InChI=1S/C20H20N2O5S/c1-13-7-9-15(10-8-13)28(25,26)22-19(20(23)24)16-11-17(27-18(16)12-21)14-5-3-2-4-6-14/h2-10,16-19,22H,11H2,1H3,(H,23,24)/t16-,17+,18-,19?/m0/s1. The van der Waals surface area contributed by atoms with Gasteiger partial charge in [0, 0.05) is 5.92 Å². The van der Waals surface area contributed by atoms with Crippen LogP contribution in [-0.4, -0.2) is 31.6 Å². The van der Waals surface area contributed by atoms with Gasteiger partial charge in [0.1, 0.15) is 12.1 Å². The van der Waals surface area contributed by atoms with Crippen molar-refractivity contribution in [3.8, 4) is 6.07 Å². The number of sulfonamides is 1. The molecule has 0 saturated carbocycles. The highest BCUT2D eigenvalue weighted by atomic mass is 32.2. The van der Waals surface area contributed by atoms with Gasteiger partial charge in [0.15, 0.2) is 0 Å². The van der Waals surface area contributed by atoms with Crippen LogP contribution in [0.15, 0.2) is 59.5 Å². The highest BCUT2D eigenvalue weighted by molar-refractivity contribution is 7.89. The van der Waals surface area contributed by atoms with Crippen molar-refractivity contribution in [3.63, 3.8) is 0 Å². The monoisotopic (exact) mass is 400 g/mol. The first-order valence-corrected chi connectivity index (χ1v) is 10.2. The Morgan fingerprint density at radius 3 is 2.43 bits per heavy atom. The second-order valence-electron chi connectivity index (χ2n) is 6.73. The summed E-state index contributed by atoms with van der Waals surface area (Å²) < 4.78 is 33.3. The van der Waals surface area contributed by atoms with Gasteiger partial charge in [0.2, 0.25) is 10.0 Å². The highest BCUT2D eigenvalue weighted by Gasteiger charge is 2.45. The van der Waals surface area contributed by atoms with Crippen molar-refractivity contribution in [1.29, 1.82) is 5.26 Å². The van der Waals surface area contributed by atoms with Crippen molar-refractivity contribution in [2.24, 2.45) is 5.92 Å². The van der Waals surface area contributed by atoms with E-state index in [0.717, 1.165) is 11.1 Å². The first-order chi connectivity index (χ1) is 13.3. The van der Waals surface area contributed by atoms with E-state index in [4.69, 9.17) is 4.74 Å². The molecule has 146 valence electrons. The molecular weight excluding hydrogens is 380 g/mol. The number of carboxylic acid groups (broad SMARTS) is 1. The molecule has 0 spiro atoms. The van der Waals surface area contributed by atoms with E-state index in [1.807, 2.05) is 43.3 Å². The van der Waals surface area contributed by atoms with Crippen molar-refractivity contribution < 1.29 is 23.1 Å². The summed E-state index contributed by atoms with van der Waals surface area (Å²) in [6, 6.07) is 15.7. The summed E-state index contributed by atoms with van der Waals surface area (Å²) in [4.78, 5) is 11.8. The number of nitriles is 1. The average Bonchev–Trinajstić information content (AvgIpc) is 3.11. The topological polar surface area (TPSA) is 116 Å². The Balaban J connectivity index is 1.86. The fourth-order valence-electron chi connectivity index (χ4n) is 3.30. The van der Waals surface area contributed by atoms with E-state index >= 15 is 0 Å². The molecule has 1 unspecified atom stereocenters. The van der Waals surface area contributed by atoms with Gasteiger partial charge in [-0.2, -0.15) is 9.98 Å². The number of rotatable bonds is 6. The van der Waals surface area contributed by atoms with E-state index in [2.05, 4.69) is 4.72 Å². The smallest absolute Gasteiger partial charge is 0.322 e. The Morgan fingerprint density at radius 1 is 1.21 bits per heavy atom. The summed E-state index contributed by atoms with van der Waals surface area (Å²) in [6.07, 6.45) is -1.29. The Bertz CT molecular complexity index is 984. The number of hydrogen-bond acceptors (Lipinski definition) is 5. The lowest BCUT2D eigenvalue weighted by Crippen LogP contribution is -2.48. The van der Waals surface area contributed by atoms with Gasteiger partial charge in [-0.1, -0.05) is 48.0 Å². The van der Waals surface area contributed by atoms with Gasteiger partial charge in [-0.05, 0) is 31.0 Å². The van der Waals surface area contributed by atoms with Crippen LogP contribution in [-0.2, 0) is 19.6 Å². The van der Waals surface area contributed by atoms with E-state index in [9.17, 15) is 23.6 Å². The van der Waals surface area contributed by atoms with Crippen LogP contribution in [0.25, 0.3) is 0 Å². The third kappa shape index (κ3) is 4.22. The molecule has 8 heteroatoms. The van der Waals surface area contributed by atoms with Gasteiger partial charge in [-0.3, -0.25) is 4.79 Å². The number of ether oxygens (including phenoxy) is 1. The molecule has 7 nitrogen and oxygen atoms in total. The molecule has 28 heavy (non-hydrogen) atoms. The third-order valence-corrected chi connectivity index (χ3v) is 6.25. The number of aliphatic carboxylic acids is 1. The van der Waals surface area contributed by atoms with Crippen molar-refractivity contribution in [2.75, 3.05) is 0 Å². The van der Waals surface area contributed by atoms with Crippen LogP contribution in [0.1, 0.15) is 23.7 Å². The number of carboxylic acids is 1. The summed E-state index contributed by atoms with van der Waals surface area (Å²) in [5, 5.41) is 19.1. The SMILES string of the molecule is Cc1ccc(S(=O)(=O)NC(C(=O)O)[C@H]2C[C@H](c3ccccc3)O[C@H]2C#N)cc1. The Labute approximate surface area is 163 Å². The van der Waals surface area contributed by atoms with Crippen LogP contribution in [0, 0.1) is 24.2 Å². The summed E-state index contributed by atoms with van der Waals surface area (Å²) in [6.45, 7) is 1.82. The van der Waals surface area contributed by atoms with Crippen LogP contribution < -0.4 is 4.72 Å². The molecule has 1 fully saturated rings. The zero-order valence-corrected chi connectivity index (χ0v) is 16.0. The van der Waals surface area contributed by atoms with Crippen molar-refractivity contribution in [3.05, 3.63) is 65.7 Å². The maximum atomic E-state index is 12.7. The first kappa shape index (κ1) is 20.0. The zero-order chi connectivity index (χ0) is 20.3. The largest absolute Gasteiger partial charge is 0.480 e. The lowest BCUT2D eigenvalue weighted by Gasteiger charge is -2.21. The molecule has 3 rings (SSSR count). The van der Waals surface area contributed by atoms with E-state index in [0.29, 0.717) is 0 Å². The number of carbonyl (C=O) groups is 1. The molecule has 2 aromatic carbocycles. The molecule has 0 aliphatic carbocycles. The lowest BCUT2D eigenvalue weighted by atomic mass is 9.90. The second kappa shape index (κ2) is 8.10. The molecule has 1 aliphatic rings. The van der Waals surface area contributed by atoms with Gasteiger partial charge in [0.05, 0.1) is 17.1 Å².